The third kappa shape index (κ3) is 3.48. The van der Waals surface area contributed by atoms with Crippen LogP contribution in [0.1, 0.15) is 32.8 Å². The Labute approximate surface area is 103 Å². The monoisotopic (exact) mass is 235 g/mol. The normalized spacial score (nSPS) is 11.3. The summed E-state index contributed by atoms with van der Waals surface area (Å²) >= 11 is 0. The average molecular weight is 235 g/mol. The maximum absolute atomic E-state index is 10.8. The van der Waals surface area contributed by atoms with E-state index in [1.54, 1.807) is 0 Å². The molecule has 0 atom stereocenters. The third-order valence-corrected chi connectivity index (χ3v) is 3.22. The zero-order valence-corrected chi connectivity index (χ0v) is 11.0. The summed E-state index contributed by atoms with van der Waals surface area (Å²) < 4.78 is 0. The van der Waals surface area contributed by atoms with Gasteiger partial charge in [-0.1, -0.05) is 19.1 Å². The van der Waals surface area contributed by atoms with Crippen LogP contribution in [0.3, 0.4) is 0 Å². The molecule has 3 heteroatoms. The van der Waals surface area contributed by atoms with Crippen molar-refractivity contribution in [1.82, 2.24) is 0 Å². The lowest BCUT2D eigenvalue weighted by atomic mass is 9.97. The zero-order valence-electron chi connectivity index (χ0n) is 11.0. The lowest BCUT2D eigenvalue weighted by molar-refractivity contribution is -0.138. The number of benzene rings is 1. The molecule has 0 radical (unpaired) electrons. The Morgan fingerprint density at radius 2 is 1.82 bits per heavy atom. The fourth-order valence-corrected chi connectivity index (χ4v) is 1.79. The molecule has 0 aliphatic heterocycles. The number of carbonyl (C=O) groups is 1. The van der Waals surface area contributed by atoms with E-state index in [0.29, 0.717) is 0 Å². The summed E-state index contributed by atoms with van der Waals surface area (Å²) in [6.07, 6.45) is 1.14. The molecule has 94 valence electrons. The standard InChI is InChI=1S/C14H21NO2/c1-5-11-6-8-12(9-7-11)15(4)14(2,3)10-13(16)17/h6-9H,5,10H2,1-4H3,(H,16,17). The molecule has 0 fully saturated rings. The molecule has 0 saturated carbocycles. The molecule has 1 N–H and O–H groups in total. The minimum absolute atomic E-state index is 0.124. The molecular formula is C14H21NO2. The second-order valence-electron chi connectivity index (χ2n) is 4.96. The van der Waals surface area contributed by atoms with Gasteiger partial charge in [-0.3, -0.25) is 4.79 Å². The molecule has 0 spiro atoms. The number of anilines is 1. The van der Waals surface area contributed by atoms with Crippen molar-refractivity contribution >= 4 is 11.7 Å². The summed E-state index contributed by atoms with van der Waals surface area (Å²) in [5.41, 5.74) is 1.95. The van der Waals surface area contributed by atoms with Gasteiger partial charge in [-0.2, -0.15) is 0 Å². The number of aryl methyl sites for hydroxylation is 1. The van der Waals surface area contributed by atoms with Crippen LogP contribution in [0.4, 0.5) is 5.69 Å². The van der Waals surface area contributed by atoms with Crippen molar-refractivity contribution < 1.29 is 9.90 Å². The Bertz CT molecular complexity index is 382. The molecule has 0 aliphatic carbocycles. The number of carboxylic acids is 1. The first kappa shape index (κ1) is 13.6. The van der Waals surface area contributed by atoms with Crippen molar-refractivity contribution in [3.05, 3.63) is 29.8 Å². The largest absolute Gasteiger partial charge is 0.481 e. The van der Waals surface area contributed by atoms with Crippen molar-refractivity contribution in [1.29, 1.82) is 0 Å². The van der Waals surface area contributed by atoms with E-state index in [1.807, 2.05) is 37.9 Å². The van der Waals surface area contributed by atoms with Gasteiger partial charge < -0.3 is 10.0 Å². The summed E-state index contributed by atoms with van der Waals surface area (Å²) in [4.78, 5) is 12.8. The minimum atomic E-state index is -0.771. The predicted octanol–water partition coefficient (Wildman–Crippen LogP) is 2.94. The van der Waals surface area contributed by atoms with Crippen LogP contribution in [0.25, 0.3) is 0 Å². The van der Waals surface area contributed by atoms with Gasteiger partial charge in [-0.25, -0.2) is 0 Å². The van der Waals surface area contributed by atoms with Gasteiger partial charge in [0.2, 0.25) is 0 Å². The van der Waals surface area contributed by atoms with Crippen molar-refractivity contribution in [2.75, 3.05) is 11.9 Å². The molecule has 0 saturated heterocycles. The number of hydrogen-bond acceptors (Lipinski definition) is 2. The highest BCUT2D eigenvalue weighted by molar-refractivity contribution is 5.69. The minimum Gasteiger partial charge on any atom is -0.481 e. The van der Waals surface area contributed by atoms with E-state index in [0.717, 1.165) is 12.1 Å². The highest BCUT2D eigenvalue weighted by Crippen LogP contribution is 2.25. The molecular weight excluding hydrogens is 214 g/mol. The van der Waals surface area contributed by atoms with Crippen LogP contribution in [-0.2, 0) is 11.2 Å². The van der Waals surface area contributed by atoms with Gasteiger partial charge in [0.1, 0.15) is 0 Å². The van der Waals surface area contributed by atoms with E-state index in [1.165, 1.54) is 5.56 Å². The quantitative estimate of drug-likeness (QED) is 0.853. The molecule has 1 aromatic rings. The van der Waals surface area contributed by atoms with Crippen LogP contribution in [0, 0.1) is 0 Å². The average Bonchev–Trinajstić information content (AvgIpc) is 2.26. The highest BCUT2D eigenvalue weighted by Gasteiger charge is 2.26. The predicted molar refractivity (Wildman–Crippen MR) is 70.6 cm³/mol. The second kappa shape index (κ2) is 5.21. The van der Waals surface area contributed by atoms with Gasteiger partial charge in [-0.05, 0) is 38.0 Å². The van der Waals surface area contributed by atoms with E-state index in [2.05, 4.69) is 19.1 Å². The van der Waals surface area contributed by atoms with Gasteiger partial charge in [0.05, 0.1) is 6.42 Å². The Morgan fingerprint density at radius 3 is 2.24 bits per heavy atom. The second-order valence-corrected chi connectivity index (χ2v) is 4.96. The molecule has 0 aromatic heterocycles. The summed E-state index contributed by atoms with van der Waals surface area (Å²) in [5.74, 6) is -0.771. The Kier molecular flexibility index (Phi) is 4.16. The van der Waals surface area contributed by atoms with Crippen LogP contribution in [-0.4, -0.2) is 23.7 Å². The zero-order chi connectivity index (χ0) is 13.1. The first-order valence-corrected chi connectivity index (χ1v) is 5.91. The molecule has 0 bridgehead atoms. The summed E-state index contributed by atoms with van der Waals surface area (Å²) in [6, 6.07) is 8.26. The number of hydrogen-bond donors (Lipinski definition) is 1. The maximum atomic E-state index is 10.8. The number of aliphatic carboxylic acids is 1. The van der Waals surface area contributed by atoms with Gasteiger partial charge in [0, 0.05) is 18.3 Å². The summed E-state index contributed by atoms with van der Waals surface area (Å²) in [7, 11) is 1.93. The topological polar surface area (TPSA) is 40.5 Å². The van der Waals surface area contributed by atoms with E-state index in [9.17, 15) is 4.79 Å². The molecule has 0 amide bonds. The SMILES string of the molecule is CCc1ccc(N(C)C(C)(C)CC(=O)O)cc1. The first-order chi connectivity index (χ1) is 7.86. The Morgan fingerprint density at radius 1 is 1.29 bits per heavy atom. The molecule has 1 aromatic carbocycles. The van der Waals surface area contributed by atoms with Crippen LogP contribution in [0.2, 0.25) is 0 Å². The molecule has 1 rings (SSSR count). The lowest BCUT2D eigenvalue weighted by Gasteiger charge is -2.36. The Hall–Kier alpha value is -1.51. The Balaban J connectivity index is 2.87. The smallest absolute Gasteiger partial charge is 0.305 e. The number of nitrogens with zero attached hydrogens (tertiary/aromatic N) is 1. The molecule has 0 aliphatic rings. The van der Waals surface area contributed by atoms with Gasteiger partial charge >= 0.3 is 5.97 Å². The fourth-order valence-electron chi connectivity index (χ4n) is 1.79. The maximum Gasteiger partial charge on any atom is 0.305 e. The lowest BCUT2D eigenvalue weighted by Crippen LogP contribution is -2.43. The molecule has 3 nitrogen and oxygen atoms in total. The van der Waals surface area contributed by atoms with Gasteiger partial charge in [0.15, 0.2) is 0 Å². The fraction of sp³-hybridized carbons (Fsp3) is 0.500. The van der Waals surface area contributed by atoms with Crippen molar-refractivity contribution in [3.8, 4) is 0 Å². The van der Waals surface area contributed by atoms with E-state index in [-0.39, 0.29) is 12.0 Å². The number of carboxylic acid groups (broad SMARTS) is 1. The number of rotatable bonds is 5. The summed E-state index contributed by atoms with van der Waals surface area (Å²) in [6.45, 7) is 6.00. The van der Waals surface area contributed by atoms with Crippen LogP contribution >= 0.6 is 0 Å². The van der Waals surface area contributed by atoms with Crippen molar-refractivity contribution in [2.24, 2.45) is 0 Å². The first-order valence-electron chi connectivity index (χ1n) is 5.91. The summed E-state index contributed by atoms with van der Waals surface area (Å²) in [5, 5.41) is 8.90. The van der Waals surface area contributed by atoms with E-state index < -0.39 is 5.97 Å². The van der Waals surface area contributed by atoms with E-state index >= 15 is 0 Å². The third-order valence-electron chi connectivity index (χ3n) is 3.22. The van der Waals surface area contributed by atoms with Crippen molar-refractivity contribution in [3.63, 3.8) is 0 Å². The van der Waals surface area contributed by atoms with Gasteiger partial charge in [-0.15, -0.1) is 0 Å². The van der Waals surface area contributed by atoms with Crippen LogP contribution < -0.4 is 4.90 Å². The molecule has 0 unspecified atom stereocenters. The molecule has 0 heterocycles. The van der Waals surface area contributed by atoms with Crippen LogP contribution in [0.5, 0.6) is 0 Å². The molecule has 17 heavy (non-hydrogen) atoms. The van der Waals surface area contributed by atoms with Crippen molar-refractivity contribution in [2.45, 2.75) is 39.2 Å². The van der Waals surface area contributed by atoms with Crippen LogP contribution in [0.15, 0.2) is 24.3 Å². The van der Waals surface area contributed by atoms with Gasteiger partial charge in [0.25, 0.3) is 0 Å². The highest BCUT2D eigenvalue weighted by atomic mass is 16.4. The van der Waals surface area contributed by atoms with E-state index in [4.69, 9.17) is 5.11 Å².